The quantitative estimate of drug-likeness (QED) is 0.482. The smallest absolute Gasteiger partial charge is 0.260 e. The molecule has 3 aromatic rings. The summed E-state index contributed by atoms with van der Waals surface area (Å²) in [7, 11) is 3.18. The minimum atomic E-state index is -0.501. The van der Waals surface area contributed by atoms with E-state index in [1.54, 1.807) is 42.2 Å². The number of para-hydroxylation sites is 1. The van der Waals surface area contributed by atoms with Crippen LogP contribution < -0.4 is 19.7 Å². The van der Waals surface area contributed by atoms with E-state index in [2.05, 4.69) is 5.32 Å². The third-order valence-electron chi connectivity index (χ3n) is 6.87. The number of rotatable bonds is 9. The number of nitrogens with zero attached hydrogens (tertiary/aromatic N) is 2. The van der Waals surface area contributed by atoms with Gasteiger partial charge in [-0.25, -0.2) is 0 Å². The second-order valence-electron chi connectivity index (χ2n) is 9.04. The minimum absolute atomic E-state index is 0.0786. The van der Waals surface area contributed by atoms with Crippen molar-refractivity contribution in [1.29, 1.82) is 0 Å². The van der Waals surface area contributed by atoms with Gasteiger partial charge in [0.2, 0.25) is 5.91 Å². The molecule has 1 atom stereocenters. The van der Waals surface area contributed by atoms with Gasteiger partial charge in [0.1, 0.15) is 6.17 Å². The molecule has 5 rings (SSSR count). The van der Waals surface area contributed by atoms with Crippen LogP contribution in [0.3, 0.4) is 0 Å². The number of methoxy groups -OCH3 is 2. The van der Waals surface area contributed by atoms with Crippen molar-refractivity contribution in [3.63, 3.8) is 0 Å². The number of ether oxygens (including phenoxy) is 2. The third kappa shape index (κ3) is 4.50. The summed E-state index contributed by atoms with van der Waals surface area (Å²) >= 11 is 0. The maximum absolute atomic E-state index is 13.4. The molecule has 0 aromatic heterocycles. The highest BCUT2D eigenvalue weighted by Crippen LogP contribution is 2.45. The molecule has 0 bridgehead atoms. The lowest BCUT2D eigenvalue weighted by Crippen LogP contribution is -2.48. The highest BCUT2D eigenvalue weighted by molar-refractivity contribution is 6.16. The molecule has 2 aliphatic rings. The van der Waals surface area contributed by atoms with Gasteiger partial charge in [-0.1, -0.05) is 36.4 Å². The number of nitrogens with one attached hydrogen (secondary N) is 1. The number of hydrogen-bond donors (Lipinski definition) is 1. The Labute approximate surface area is 215 Å². The molecule has 1 N–H and O–H groups in total. The van der Waals surface area contributed by atoms with Crippen molar-refractivity contribution in [3.8, 4) is 11.5 Å². The molecule has 8 heteroatoms. The molecular formula is C29H29N3O5. The fourth-order valence-electron chi connectivity index (χ4n) is 5.08. The van der Waals surface area contributed by atoms with Gasteiger partial charge in [-0.05, 0) is 48.7 Å². The van der Waals surface area contributed by atoms with E-state index in [4.69, 9.17) is 9.47 Å². The van der Waals surface area contributed by atoms with Crippen LogP contribution in [0.5, 0.6) is 11.5 Å². The molecule has 3 amide bonds. The predicted octanol–water partition coefficient (Wildman–Crippen LogP) is 3.96. The zero-order valence-corrected chi connectivity index (χ0v) is 20.9. The highest BCUT2D eigenvalue weighted by Gasteiger charge is 2.47. The molecule has 2 aliphatic heterocycles. The van der Waals surface area contributed by atoms with Gasteiger partial charge in [-0.3, -0.25) is 19.3 Å². The standard InChI is InChI=1S/C29H29N3O5/c1-36-24-14-13-19(18-25(24)37-2)15-16-30-26(33)12-7-17-31-27-20-8-3-4-9-21(20)29(35)32(27)23-11-6-5-10-22(23)28(31)34/h3-6,8-11,13-14,18,27H,7,12,15-17H2,1-2H3,(H,30,33)/t27-/m1/s1. The highest BCUT2D eigenvalue weighted by atomic mass is 16.5. The van der Waals surface area contributed by atoms with Gasteiger partial charge < -0.3 is 19.7 Å². The lowest BCUT2D eigenvalue weighted by Gasteiger charge is -2.41. The summed E-state index contributed by atoms with van der Waals surface area (Å²) in [6, 6.07) is 20.3. The number of carbonyl (C=O) groups excluding carboxylic acids is 3. The molecule has 0 radical (unpaired) electrons. The van der Waals surface area contributed by atoms with Gasteiger partial charge in [0.25, 0.3) is 11.8 Å². The lowest BCUT2D eigenvalue weighted by molar-refractivity contribution is -0.121. The molecule has 0 saturated carbocycles. The van der Waals surface area contributed by atoms with Crippen LogP contribution in [0, 0.1) is 0 Å². The van der Waals surface area contributed by atoms with Gasteiger partial charge in [0.05, 0.1) is 25.5 Å². The summed E-state index contributed by atoms with van der Waals surface area (Å²) < 4.78 is 10.6. The van der Waals surface area contributed by atoms with Crippen LogP contribution in [-0.4, -0.2) is 49.9 Å². The topological polar surface area (TPSA) is 88.2 Å². The van der Waals surface area contributed by atoms with Crippen LogP contribution in [0.2, 0.25) is 0 Å². The largest absolute Gasteiger partial charge is 0.493 e. The van der Waals surface area contributed by atoms with Crippen LogP contribution >= 0.6 is 0 Å². The van der Waals surface area contributed by atoms with Crippen LogP contribution in [0.1, 0.15) is 50.9 Å². The van der Waals surface area contributed by atoms with Gasteiger partial charge >= 0.3 is 0 Å². The Morgan fingerprint density at radius 1 is 0.892 bits per heavy atom. The van der Waals surface area contributed by atoms with E-state index >= 15 is 0 Å². The summed E-state index contributed by atoms with van der Waals surface area (Å²) in [5.74, 6) is 0.995. The molecule has 2 heterocycles. The molecule has 37 heavy (non-hydrogen) atoms. The number of fused-ring (bicyclic) bond motifs is 5. The molecule has 0 saturated heterocycles. The molecule has 0 fully saturated rings. The first kappa shape index (κ1) is 24.4. The van der Waals surface area contributed by atoms with Crippen molar-refractivity contribution in [3.05, 3.63) is 89.0 Å². The Balaban J connectivity index is 1.21. The molecule has 0 spiro atoms. The predicted molar refractivity (Wildman–Crippen MR) is 139 cm³/mol. The molecule has 0 aliphatic carbocycles. The Morgan fingerprint density at radius 3 is 2.41 bits per heavy atom. The summed E-state index contributed by atoms with van der Waals surface area (Å²) in [5, 5.41) is 2.95. The summed E-state index contributed by atoms with van der Waals surface area (Å²) in [4.78, 5) is 42.6. The van der Waals surface area contributed by atoms with Crippen molar-refractivity contribution < 1.29 is 23.9 Å². The van der Waals surface area contributed by atoms with Crippen molar-refractivity contribution in [2.75, 3.05) is 32.2 Å². The maximum atomic E-state index is 13.4. The van der Waals surface area contributed by atoms with E-state index in [9.17, 15) is 14.4 Å². The van der Waals surface area contributed by atoms with Crippen LogP contribution in [0.15, 0.2) is 66.7 Å². The van der Waals surface area contributed by atoms with Gasteiger partial charge in [0, 0.05) is 30.6 Å². The number of carbonyl (C=O) groups is 3. The number of hydrogen-bond acceptors (Lipinski definition) is 5. The zero-order valence-electron chi connectivity index (χ0n) is 20.9. The van der Waals surface area contributed by atoms with E-state index in [1.165, 1.54) is 0 Å². The molecule has 3 aromatic carbocycles. The monoisotopic (exact) mass is 499 g/mol. The van der Waals surface area contributed by atoms with Crippen molar-refractivity contribution >= 4 is 23.4 Å². The number of benzene rings is 3. The van der Waals surface area contributed by atoms with Gasteiger partial charge in [-0.2, -0.15) is 0 Å². The second-order valence-corrected chi connectivity index (χ2v) is 9.04. The normalized spacial score (nSPS) is 15.7. The SMILES string of the molecule is COc1ccc(CCNC(=O)CCCN2C(=O)c3ccccc3N3C(=O)c4ccccc4[C@H]23)cc1OC. The molecule has 0 unspecified atom stereocenters. The summed E-state index contributed by atoms with van der Waals surface area (Å²) in [6.07, 6.45) is 0.916. The Kier molecular flexibility index (Phi) is 6.81. The first-order chi connectivity index (χ1) is 18.0. The van der Waals surface area contributed by atoms with Gasteiger partial charge in [-0.15, -0.1) is 0 Å². The van der Waals surface area contributed by atoms with Crippen LogP contribution in [0.25, 0.3) is 0 Å². The minimum Gasteiger partial charge on any atom is -0.493 e. The van der Waals surface area contributed by atoms with Crippen molar-refractivity contribution in [1.82, 2.24) is 10.2 Å². The Bertz CT molecular complexity index is 1350. The van der Waals surface area contributed by atoms with Crippen molar-refractivity contribution in [2.24, 2.45) is 0 Å². The third-order valence-corrected chi connectivity index (χ3v) is 6.87. The second kappa shape index (κ2) is 10.3. The number of anilines is 1. The Morgan fingerprint density at radius 2 is 1.62 bits per heavy atom. The van der Waals surface area contributed by atoms with E-state index in [1.807, 2.05) is 48.5 Å². The first-order valence-electron chi connectivity index (χ1n) is 12.3. The molecule has 190 valence electrons. The Hall–Kier alpha value is -4.33. The fraction of sp³-hybridized carbons (Fsp3) is 0.276. The molecular weight excluding hydrogens is 470 g/mol. The van der Waals surface area contributed by atoms with Crippen LogP contribution in [-0.2, 0) is 11.2 Å². The average Bonchev–Trinajstić information content (AvgIpc) is 3.23. The summed E-state index contributed by atoms with van der Waals surface area (Å²) in [6.45, 7) is 0.849. The zero-order chi connectivity index (χ0) is 25.9. The first-order valence-corrected chi connectivity index (χ1v) is 12.3. The fourth-order valence-corrected chi connectivity index (χ4v) is 5.08. The molecule has 8 nitrogen and oxygen atoms in total. The number of amides is 3. The lowest BCUT2D eigenvalue weighted by atomic mass is 10.0. The van der Waals surface area contributed by atoms with Crippen LogP contribution in [0.4, 0.5) is 5.69 Å². The van der Waals surface area contributed by atoms with E-state index in [0.717, 1.165) is 11.1 Å². The average molecular weight is 500 g/mol. The van der Waals surface area contributed by atoms with Crippen molar-refractivity contribution in [2.45, 2.75) is 25.4 Å². The van der Waals surface area contributed by atoms with Gasteiger partial charge in [0.15, 0.2) is 11.5 Å². The van der Waals surface area contributed by atoms with E-state index in [-0.39, 0.29) is 24.1 Å². The van der Waals surface area contributed by atoms with E-state index in [0.29, 0.717) is 54.2 Å². The summed E-state index contributed by atoms with van der Waals surface area (Å²) in [5.41, 5.74) is 3.58. The maximum Gasteiger partial charge on any atom is 0.260 e. The van der Waals surface area contributed by atoms with E-state index < -0.39 is 6.17 Å².